The molecule has 0 fully saturated rings. The van der Waals surface area contributed by atoms with E-state index in [0.29, 0.717) is 13.0 Å². The fourth-order valence-electron chi connectivity index (χ4n) is 3.34. The van der Waals surface area contributed by atoms with Crippen molar-refractivity contribution in [3.05, 3.63) is 35.2 Å². The highest BCUT2D eigenvalue weighted by molar-refractivity contribution is 5.93. The van der Waals surface area contributed by atoms with Crippen molar-refractivity contribution < 1.29 is 9.53 Å². The van der Waals surface area contributed by atoms with Crippen LogP contribution in [-0.2, 0) is 24.1 Å². The number of nitrogens with zero attached hydrogens (tertiary/aromatic N) is 1. The SMILES string of the molecule is CCCC(=O)NCCc1cc2c(OC)ccc3c2c(n1)CCC3. The Balaban J connectivity index is 1.86. The molecular weight excluding hydrogens is 288 g/mol. The standard InChI is InChI=1S/C19H24N2O2/c1-3-5-18(22)20-11-10-14-12-15-17(23-2)9-8-13-6-4-7-16(21-14)19(13)15/h8-9,12H,3-7,10-11H2,1-2H3,(H,20,22). The largest absolute Gasteiger partial charge is 0.496 e. The van der Waals surface area contributed by atoms with E-state index in [-0.39, 0.29) is 5.91 Å². The summed E-state index contributed by atoms with van der Waals surface area (Å²) in [4.78, 5) is 16.4. The first-order valence-electron chi connectivity index (χ1n) is 8.48. The van der Waals surface area contributed by atoms with Crippen LogP contribution >= 0.6 is 0 Å². The summed E-state index contributed by atoms with van der Waals surface area (Å²) in [6, 6.07) is 6.34. The van der Waals surface area contributed by atoms with Crippen LogP contribution in [0.1, 0.15) is 43.1 Å². The minimum absolute atomic E-state index is 0.120. The lowest BCUT2D eigenvalue weighted by Gasteiger charge is -2.19. The summed E-state index contributed by atoms with van der Waals surface area (Å²) >= 11 is 0. The fourth-order valence-corrected chi connectivity index (χ4v) is 3.34. The molecule has 4 nitrogen and oxygen atoms in total. The molecule has 1 N–H and O–H groups in total. The Morgan fingerprint density at radius 1 is 1.35 bits per heavy atom. The minimum atomic E-state index is 0.120. The molecule has 0 bridgehead atoms. The van der Waals surface area contributed by atoms with Crippen LogP contribution in [0.2, 0.25) is 0 Å². The van der Waals surface area contributed by atoms with Crippen LogP contribution in [0, 0.1) is 0 Å². The number of hydrogen-bond acceptors (Lipinski definition) is 3. The van der Waals surface area contributed by atoms with E-state index >= 15 is 0 Å². The Morgan fingerprint density at radius 2 is 2.22 bits per heavy atom. The Labute approximate surface area is 137 Å². The molecule has 1 amide bonds. The van der Waals surface area contributed by atoms with Gasteiger partial charge >= 0.3 is 0 Å². The van der Waals surface area contributed by atoms with Gasteiger partial charge in [0.05, 0.1) is 7.11 Å². The normalized spacial score (nSPS) is 13.1. The van der Waals surface area contributed by atoms with Gasteiger partial charge in [-0.05, 0) is 43.4 Å². The van der Waals surface area contributed by atoms with Crippen LogP contribution in [-0.4, -0.2) is 24.5 Å². The lowest BCUT2D eigenvalue weighted by molar-refractivity contribution is -0.121. The number of aromatic nitrogens is 1. The number of methoxy groups -OCH3 is 1. The summed E-state index contributed by atoms with van der Waals surface area (Å²) in [5.74, 6) is 1.03. The van der Waals surface area contributed by atoms with Gasteiger partial charge in [0.15, 0.2) is 0 Å². The number of rotatable bonds is 6. The van der Waals surface area contributed by atoms with Gasteiger partial charge in [-0.2, -0.15) is 0 Å². The number of amides is 1. The Kier molecular flexibility index (Phi) is 4.79. The number of carbonyl (C=O) groups excluding carboxylic acids is 1. The molecule has 0 saturated heterocycles. The molecular formula is C19H24N2O2. The Bertz CT molecular complexity index is 725. The highest BCUT2D eigenvalue weighted by atomic mass is 16.5. The third-order valence-electron chi connectivity index (χ3n) is 4.43. The summed E-state index contributed by atoms with van der Waals surface area (Å²) in [6.45, 7) is 2.65. The van der Waals surface area contributed by atoms with Gasteiger partial charge in [0, 0.05) is 41.5 Å². The third-order valence-corrected chi connectivity index (χ3v) is 4.43. The van der Waals surface area contributed by atoms with E-state index in [9.17, 15) is 4.79 Å². The second kappa shape index (κ2) is 6.99. The summed E-state index contributed by atoms with van der Waals surface area (Å²) in [6.07, 6.45) is 5.51. The molecule has 122 valence electrons. The number of aryl methyl sites for hydroxylation is 2. The molecule has 0 radical (unpaired) electrons. The molecule has 1 aliphatic rings. The molecule has 2 aromatic rings. The van der Waals surface area contributed by atoms with Crippen molar-refractivity contribution >= 4 is 16.7 Å². The first-order chi connectivity index (χ1) is 11.2. The monoisotopic (exact) mass is 312 g/mol. The van der Waals surface area contributed by atoms with Crippen molar-refractivity contribution in [3.63, 3.8) is 0 Å². The van der Waals surface area contributed by atoms with Gasteiger partial charge in [0.25, 0.3) is 0 Å². The zero-order valence-corrected chi connectivity index (χ0v) is 13.9. The molecule has 1 heterocycles. The number of nitrogens with one attached hydrogen (secondary N) is 1. The minimum Gasteiger partial charge on any atom is -0.496 e. The summed E-state index contributed by atoms with van der Waals surface area (Å²) < 4.78 is 5.54. The Hall–Kier alpha value is -2.10. The Morgan fingerprint density at radius 3 is 3.00 bits per heavy atom. The average Bonchev–Trinajstić information content (AvgIpc) is 2.55. The predicted octanol–water partition coefficient (Wildman–Crippen LogP) is 3.19. The molecule has 23 heavy (non-hydrogen) atoms. The van der Waals surface area contributed by atoms with Crippen LogP contribution in [0.4, 0.5) is 0 Å². The fraction of sp³-hybridized carbons (Fsp3) is 0.474. The van der Waals surface area contributed by atoms with E-state index in [1.165, 1.54) is 16.6 Å². The maximum atomic E-state index is 11.6. The van der Waals surface area contributed by atoms with Crippen LogP contribution in [0.3, 0.4) is 0 Å². The van der Waals surface area contributed by atoms with Crippen molar-refractivity contribution in [1.29, 1.82) is 0 Å². The topological polar surface area (TPSA) is 51.2 Å². The average molecular weight is 312 g/mol. The van der Waals surface area contributed by atoms with Crippen LogP contribution in [0.15, 0.2) is 18.2 Å². The molecule has 1 aliphatic carbocycles. The van der Waals surface area contributed by atoms with Crippen molar-refractivity contribution in [3.8, 4) is 5.75 Å². The quantitative estimate of drug-likeness (QED) is 0.891. The van der Waals surface area contributed by atoms with Gasteiger partial charge in [-0.3, -0.25) is 9.78 Å². The lowest BCUT2D eigenvalue weighted by atomic mass is 9.91. The van der Waals surface area contributed by atoms with Gasteiger partial charge in [-0.25, -0.2) is 0 Å². The molecule has 0 spiro atoms. The number of pyridine rings is 1. The van der Waals surface area contributed by atoms with Crippen molar-refractivity contribution in [2.45, 2.75) is 45.4 Å². The molecule has 0 unspecified atom stereocenters. The van der Waals surface area contributed by atoms with E-state index in [1.54, 1.807) is 7.11 Å². The van der Waals surface area contributed by atoms with E-state index in [2.05, 4.69) is 23.5 Å². The molecule has 4 heteroatoms. The highest BCUT2D eigenvalue weighted by Crippen LogP contribution is 2.34. The maximum Gasteiger partial charge on any atom is 0.219 e. The molecule has 0 aliphatic heterocycles. The number of carbonyl (C=O) groups is 1. The number of benzene rings is 1. The van der Waals surface area contributed by atoms with Gasteiger partial charge in [0.1, 0.15) is 5.75 Å². The molecule has 0 saturated carbocycles. The highest BCUT2D eigenvalue weighted by Gasteiger charge is 2.17. The lowest BCUT2D eigenvalue weighted by Crippen LogP contribution is -2.25. The third kappa shape index (κ3) is 3.31. The summed E-state index contributed by atoms with van der Waals surface area (Å²) in [5.41, 5.74) is 3.58. The predicted molar refractivity (Wildman–Crippen MR) is 91.9 cm³/mol. The van der Waals surface area contributed by atoms with Crippen LogP contribution in [0.5, 0.6) is 5.75 Å². The summed E-state index contributed by atoms with van der Waals surface area (Å²) in [7, 11) is 1.71. The van der Waals surface area contributed by atoms with Crippen LogP contribution in [0.25, 0.3) is 10.8 Å². The molecule has 3 rings (SSSR count). The zero-order chi connectivity index (χ0) is 16.2. The van der Waals surface area contributed by atoms with Gasteiger partial charge in [-0.15, -0.1) is 0 Å². The number of hydrogen-bond donors (Lipinski definition) is 1. The van der Waals surface area contributed by atoms with E-state index in [0.717, 1.165) is 48.9 Å². The van der Waals surface area contributed by atoms with Crippen molar-refractivity contribution in [1.82, 2.24) is 10.3 Å². The van der Waals surface area contributed by atoms with Crippen molar-refractivity contribution in [2.24, 2.45) is 0 Å². The van der Waals surface area contributed by atoms with Gasteiger partial charge < -0.3 is 10.1 Å². The van der Waals surface area contributed by atoms with Gasteiger partial charge in [-0.1, -0.05) is 13.0 Å². The number of ether oxygens (including phenoxy) is 1. The van der Waals surface area contributed by atoms with Gasteiger partial charge in [0.2, 0.25) is 5.91 Å². The smallest absolute Gasteiger partial charge is 0.219 e. The first-order valence-corrected chi connectivity index (χ1v) is 8.48. The van der Waals surface area contributed by atoms with E-state index in [4.69, 9.17) is 9.72 Å². The first kappa shape index (κ1) is 15.8. The molecule has 1 aromatic heterocycles. The maximum absolute atomic E-state index is 11.6. The molecule has 0 atom stereocenters. The summed E-state index contributed by atoms with van der Waals surface area (Å²) in [5, 5.41) is 5.39. The second-order valence-corrected chi connectivity index (χ2v) is 6.11. The van der Waals surface area contributed by atoms with Crippen LogP contribution < -0.4 is 10.1 Å². The van der Waals surface area contributed by atoms with E-state index in [1.807, 2.05) is 6.92 Å². The van der Waals surface area contributed by atoms with E-state index < -0.39 is 0 Å². The molecule has 1 aromatic carbocycles. The second-order valence-electron chi connectivity index (χ2n) is 6.11. The zero-order valence-electron chi connectivity index (χ0n) is 13.9. The van der Waals surface area contributed by atoms with Crippen molar-refractivity contribution in [2.75, 3.05) is 13.7 Å².